The zero-order valence-corrected chi connectivity index (χ0v) is 5.31. The highest BCUT2D eigenvalue weighted by Crippen LogP contribution is 2.48. The average molecular weight is 112 g/mol. The number of ether oxygens (including phenoxy) is 1. The van der Waals surface area contributed by atoms with Crippen molar-refractivity contribution in [2.45, 2.75) is 31.8 Å². The molecular formula is C7H12O. The van der Waals surface area contributed by atoms with Crippen LogP contribution in [0, 0.1) is 5.92 Å². The van der Waals surface area contributed by atoms with Crippen LogP contribution < -0.4 is 0 Å². The molecule has 0 N–H and O–H groups in total. The zero-order chi connectivity index (χ0) is 5.61. The molecule has 0 radical (unpaired) electrons. The number of hydrogen-bond donors (Lipinski definition) is 0. The van der Waals surface area contributed by atoms with Crippen molar-refractivity contribution in [3.05, 3.63) is 0 Å². The highest BCUT2D eigenvalue weighted by Gasteiger charge is 2.49. The summed E-state index contributed by atoms with van der Waals surface area (Å²) in [7, 11) is 0. The van der Waals surface area contributed by atoms with Gasteiger partial charge in [0.05, 0.1) is 12.2 Å². The first-order chi connectivity index (χ1) is 3.83. The van der Waals surface area contributed by atoms with Gasteiger partial charge in [0.25, 0.3) is 0 Å². The topological polar surface area (TPSA) is 9.23 Å². The molecule has 46 valence electrons. The van der Waals surface area contributed by atoms with E-state index >= 15 is 0 Å². The predicted molar refractivity (Wildman–Crippen MR) is 31.7 cm³/mol. The van der Waals surface area contributed by atoms with Crippen LogP contribution in [0.15, 0.2) is 0 Å². The molecule has 0 unspecified atom stereocenters. The summed E-state index contributed by atoms with van der Waals surface area (Å²) in [4.78, 5) is 0. The molecule has 2 atom stereocenters. The first-order valence-electron chi connectivity index (χ1n) is 3.47. The Balaban J connectivity index is 2.03. The third-order valence-electron chi connectivity index (χ3n) is 2.81. The van der Waals surface area contributed by atoms with Crippen molar-refractivity contribution in [2.75, 3.05) is 6.61 Å². The van der Waals surface area contributed by atoms with Crippen molar-refractivity contribution in [3.8, 4) is 0 Å². The first kappa shape index (κ1) is 4.80. The molecule has 1 aliphatic heterocycles. The normalized spacial score (nSPS) is 52.9. The van der Waals surface area contributed by atoms with Gasteiger partial charge in [-0.3, -0.25) is 0 Å². The molecule has 1 aliphatic carbocycles. The van der Waals surface area contributed by atoms with Crippen molar-refractivity contribution in [1.29, 1.82) is 0 Å². The Bertz CT molecular complexity index is 99.4. The van der Waals surface area contributed by atoms with E-state index in [1.54, 1.807) is 0 Å². The molecule has 0 amide bonds. The lowest BCUT2D eigenvalue weighted by Gasteiger charge is -2.54. The lowest BCUT2D eigenvalue weighted by Crippen LogP contribution is -2.55. The van der Waals surface area contributed by atoms with Gasteiger partial charge >= 0.3 is 0 Å². The van der Waals surface area contributed by atoms with E-state index in [2.05, 4.69) is 6.92 Å². The lowest BCUT2D eigenvalue weighted by molar-refractivity contribution is -0.224. The third kappa shape index (κ3) is 0.368. The molecule has 1 nitrogen and oxygen atoms in total. The third-order valence-corrected chi connectivity index (χ3v) is 2.81. The van der Waals surface area contributed by atoms with E-state index < -0.39 is 0 Å². The molecule has 1 heteroatoms. The Morgan fingerprint density at radius 2 is 2.25 bits per heavy atom. The van der Waals surface area contributed by atoms with Gasteiger partial charge in [0.2, 0.25) is 0 Å². The van der Waals surface area contributed by atoms with Gasteiger partial charge < -0.3 is 4.74 Å². The smallest absolute Gasteiger partial charge is 0.0730 e. The van der Waals surface area contributed by atoms with E-state index in [0.29, 0.717) is 5.60 Å². The van der Waals surface area contributed by atoms with Gasteiger partial charge in [0.15, 0.2) is 0 Å². The van der Waals surface area contributed by atoms with E-state index in [1.807, 2.05) is 0 Å². The van der Waals surface area contributed by atoms with Gasteiger partial charge in [0, 0.05) is 6.42 Å². The molecule has 1 saturated carbocycles. The summed E-state index contributed by atoms with van der Waals surface area (Å²) in [6, 6.07) is 0. The zero-order valence-electron chi connectivity index (χ0n) is 5.31. The lowest BCUT2D eigenvalue weighted by atomic mass is 9.66. The fourth-order valence-electron chi connectivity index (χ4n) is 1.71. The summed E-state index contributed by atoms with van der Waals surface area (Å²) in [5, 5.41) is 0. The minimum Gasteiger partial charge on any atom is -0.375 e. The van der Waals surface area contributed by atoms with Gasteiger partial charge in [-0.25, -0.2) is 0 Å². The molecule has 8 heavy (non-hydrogen) atoms. The molecule has 0 aromatic carbocycles. The Morgan fingerprint density at radius 3 is 2.25 bits per heavy atom. The number of rotatable bonds is 0. The summed E-state index contributed by atoms with van der Waals surface area (Å²) >= 11 is 0. The van der Waals surface area contributed by atoms with E-state index in [9.17, 15) is 0 Å². The minimum atomic E-state index is 0.403. The molecule has 1 heterocycles. The van der Waals surface area contributed by atoms with Crippen LogP contribution in [0.25, 0.3) is 0 Å². The van der Waals surface area contributed by atoms with E-state index in [4.69, 9.17) is 4.74 Å². The summed E-state index contributed by atoms with van der Waals surface area (Å²) in [5.74, 6) is 0.858. The average Bonchev–Trinajstić information content (AvgIpc) is 1.58. The SMILES string of the molecule is C[C@H]1CC[C@@]12CCO2. The monoisotopic (exact) mass is 112 g/mol. The Hall–Kier alpha value is -0.0400. The quantitative estimate of drug-likeness (QED) is 0.462. The van der Waals surface area contributed by atoms with E-state index in [-0.39, 0.29) is 0 Å². The number of hydrogen-bond acceptors (Lipinski definition) is 1. The van der Waals surface area contributed by atoms with Crippen molar-refractivity contribution in [1.82, 2.24) is 0 Å². The second-order valence-corrected chi connectivity index (χ2v) is 3.10. The molecule has 1 spiro atoms. The summed E-state index contributed by atoms with van der Waals surface area (Å²) in [6.45, 7) is 3.31. The second-order valence-electron chi connectivity index (χ2n) is 3.10. The first-order valence-corrected chi connectivity index (χ1v) is 3.47. The maximum Gasteiger partial charge on any atom is 0.0730 e. The molecule has 1 saturated heterocycles. The fourth-order valence-corrected chi connectivity index (χ4v) is 1.71. The van der Waals surface area contributed by atoms with Gasteiger partial charge in [-0.15, -0.1) is 0 Å². The van der Waals surface area contributed by atoms with Crippen LogP contribution in [0.2, 0.25) is 0 Å². The van der Waals surface area contributed by atoms with Gasteiger partial charge in [-0.05, 0) is 18.8 Å². The maximum absolute atomic E-state index is 5.47. The molecule has 2 aliphatic rings. The summed E-state index contributed by atoms with van der Waals surface area (Å²) < 4.78 is 5.47. The van der Waals surface area contributed by atoms with Crippen molar-refractivity contribution in [2.24, 2.45) is 5.92 Å². The van der Waals surface area contributed by atoms with Crippen LogP contribution in [-0.2, 0) is 4.74 Å². The summed E-state index contributed by atoms with van der Waals surface area (Å²) in [6.07, 6.45) is 4.04. The summed E-state index contributed by atoms with van der Waals surface area (Å²) in [5.41, 5.74) is 0.403. The molecular weight excluding hydrogens is 100 g/mol. The van der Waals surface area contributed by atoms with Crippen LogP contribution in [-0.4, -0.2) is 12.2 Å². The maximum atomic E-state index is 5.47. The highest BCUT2D eigenvalue weighted by atomic mass is 16.5. The Labute approximate surface area is 50.0 Å². The predicted octanol–water partition coefficient (Wildman–Crippen LogP) is 1.58. The van der Waals surface area contributed by atoms with Gasteiger partial charge in [-0.1, -0.05) is 6.92 Å². The molecule has 2 fully saturated rings. The molecule has 0 bridgehead atoms. The fraction of sp³-hybridized carbons (Fsp3) is 1.00. The Kier molecular flexibility index (Phi) is 0.762. The largest absolute Gasteiger partial charge is 0.375 e. The molecule has 0 aromatic heterocycles. The standard InChI is InChI=1S/C7H12O/c1-6-2-3-7(6)4-5-8-7/h6H,2-5H2,1H3/t6-,7+/m0/s1. The molecule has 2 rings (SSSR count). The molecule has 0 aromatic rings. The van der Waals surface area contributed by atoms with Gasteiger partial charge in [0.1, 0.15) is 0 Å². The van der Waals surface area contributed by atoms with E-state index in [1.165, 1.54) is 19.3 Å². The van der Waals surface area contributed by atoms with Crippen molar-refractivity contribution >= 4 is 0 Å². The minimum absolute atomic E-state index is 0.403. The highest BCUT2D eigenvalue weighted by molar-refractivity contribution is 4.99. The van der Waals surface area contributed by atoms with Gasteiger partial charge in [-0.2, -0.15) is 0 Å². The van der Waals surface area contributed by atoms with Crippen molar-refractivity contribution in [3.63, 3.8) is 0 Å². The van der Waals surface area contributed by atoms with Crippen LogP contribution in [0.4, 0.5) is 0 Å². The van der Waals surface area contributed by atoms with E-state index in [0.717, 1.165) is 12.5 Å². The van der Waals surface area contributed by atoms with Crippen LogP contribution >= 0.6 is 0 Å². The van der Waals surface area contributed by atoms with Crippen LogP contribution in [0.3, 0.4) is 0 Å². The van der Waals surface area contributed by atoms with Crippen molar-refractivity contribution < 1.29 is 4.74 Å². The van der Waals surface area contributed by atoms with Crippen LogP contribution in [0.1, 0.15) is 26.2 Å². The Morgan fingerprint density at radius 1 is 1.50 bits per heavy atom. The second kappa shape index (κ2) is 1.27. The van der Waals surface area contributed by atoms with Crippen LogP contribution in [0.5, 0.6) is 0 Å².